The largest absolute Gasteiger partial charge is 0.324 e. The Morgan fingerprint density at radius 1 is 1.69 bits per heavy atom. The fraction of sp³-hybridized carbons (Fsp3) is 0.273. The van der Waals surface area contributed by atoms with Crippen molar-refractivity contribution in [2.24, 2.45) is 0 Å². The molecule has 0 aliphatic carbocycles. The molecule has 1 aromatic rings. The van der Waals surface area contributed by atoms with Crippen LogP contribution >= 0.6 is 15.9 Å². The summed E-state index contributed by atoms with van der Waals surface area (Å²) in [6, 6.07) is 5.49. The van der Waals surface area contributed by atoms with Gasteiger partial charge in [-0.25, -0.2) is 4.39 Å². The molecular formula is C11H10BrFN2O. The lowest BCUT2D eigenvalue weighted by Crippen LogP contribution is -2.22. The van der Waals surface area contributed by atoms with E-state index in [-0.39, 0.29) is 16.3 Å². The molecule has 1 unspecified atom stereocenters. The maximum Gasteiger partial charge on any atom is 0.238 e. The summed E-state index contributed by atoms with van der Waals surface area (Å²) in [5, 5.41) is 11.3. The van der Waals surface area contributed by atoms with Gasteiger partial charge in [-0.15, -0.1) is 0 Å². The topological polar surface area (TPSA) is 52.9 Å². The van der Waals surface area contributed by atoms with Gasteiger partial charge in [0.05, 0.1) is 16.1 Å². The number of nitriles is 1. The number of hydrogen-bond donors (Lipinski definition) is 1. The van der Waals surface area contributed by atoms with Crippen LogP contribution in [-0.2, 0) is 4.79 Å². The van der Waals surface area contributed by atoms with E-state index in [2.05, 4.69) is 21.2 Å². The fourth-order valence-electron chi connectivity index (χ4n) is 1.11. The molecule has 0 aliphatic rings. The lowest BCUT2D eigenvalue weighted by Gasteiger charge is -2.09. The summed E-state index contributed by atoms with van der Waals surface area (Å²) in [7, 11) is 0. The van der Waals surface area contributed by atoms with Gasteiger partial charge in [0.1, 0.15) is 11.9 Å². The molecule has 16 heavy (non-hydrogen) atoms. The van der Waals surface area contributed by atoms with Gasteiger partial charge in [0, 0.05) is 0 Å². The van der Waals surface area contributed by atoms with Gasteiger partial charge in [-0.3, -0.25) is 4.79 Å². The Kier molecular flexibility index (Phi) is 4.44. The van der Waals surface area contributed by atoms with E-state index in [1.54, 1.807) is 0 Å². The third-order valence-electron chi connectivity index (χ3n) is 2.00. The predicted molar refractivity (Wildman–Crippen MR) is 62.8 cm³/mol. The number of alkyl halides is 1. The van der Waals surface area contributed by atoms with Gasteiger partial charge < -0.3 is 5.32 Å². The number of rotatable bonds is 3. The molecule has 0 saturated carbocycles. The van der Waals surface area contributed by atoms with Gasteiger partial charge in [-0.1, -0.05) is 22.9 Å². The summed E-state index contributed by atoms with van der Waals surface area (Å²) in [6.45, 7) is 1.86. The average molecular weight is 285 g/mol. The number of nitrogens with one attached hydrogen (secondary N) is 1. The predicted octanol–water partition coefficient (Wildman–Crippen LogP) is 2.81. The Morgan fingerprint density at radius 2 is 2.38 bits per heavy atom. The monoisotopic (exact) mass is 284 g/mol. The van der Waals surface area contributed by atoms with E-state index in [1.807, 2.05) is 13.0 Å². The number of hydrogen-bond acceptors (Lipinski definition) is 2. The molecule has 0 fully saturated rings. The van der Waals surface area contributed by atoms with Gasteiger partial charge in [0.15, 0.2) is 0 Å². The van der Waals surface area contributed by atoms with E-state index < -0.39 is 5.82 Å². The maximum absolute atomic E-state index is 12.8. The first kappa shape index (κ1) is 12.7. The maximum atomic E-state index is 12.8. The van der Waals surface area contributed by atoms with E-state index in [9.17, 15) is 9.18 Å². The van der Waals surface area contributed by atoms with Crippen molar-refractivity contribution in [2.45, 2.75) is 18.2 Å². The highest BCUT2D eigenvalue weighted by molar-refractivity contribution is 9.10. The van der Waals surface area contributed by atoms with Crippen LogP contribution in [0, 0.1) is 17.1 Å². The number of anilines is 1. The molecule has 84 valence electrons. The van der Waals surface area contributed by atoms with Crippen LogP contribution in [0.25, 0.3) is 0 Å². The van der Waals surface area contributed by atoms with Gasteiger partial charge in [0.2, 0.25) is 5.91 Å². The van der Waals surface area contributed by atoms with Gasteiger partial charge in [-0.05, 0) is 24.6 Å². The third kappa shape index (κ3) is 3.04. The minimum absolute atomic E-state index is 0.115. The Morgan fingerprint density at radius 3 is 2.94 bits per heavy atom. The van der Waals surface area contributed by atoms with Gasteiger partial charge in [0.25, 0.3) is 0 Å². The highest BCUT2D eigenvalue weighted by Gasteiger charge is 2.14. The lowest BCUT2D eigenvalue weighted by molar-refractivity contribution is -0.115. The van der Waals surface area contributed by atoms with Crippen molar-refractivity contribution >= 4 is 27.5 Å². The van der Waals surface area contributed by atoms with E-state index in [1.165, 1.54) is 12.1 Å². The van der Waals surface area contributed by atoms with E-state index in [0.717, 1.165) is 6.07 Å². The number of carbonyl (C=O) groups excluding carboxylic acids is 1. The van der Waals surface area contributed by atoms with Crippen LogP contribution in [0.15, 0.2) is 18.2 Å². The molecule has 0 aromatic heterocycles. The van der Waals surface area contributed by atoms with Crippen LogP contribution in [0.2, 0.25) is 0 Å². The number of carbonyl (C=O) groups is 1. The van der Waals surface area contributed by atoms with Crippen molar-refractivity contribution in [3.63, 3.8) is 0 Å². The van der Waals surface area contributed by atoms with E-state index >= 15 is 0 Å². The molecule has 0 aliphatic heterocycles. The van der Waals surface area contributed by atoms with Gasteiger partial charge >= 0.3 is 0 Å². The second-order valence-corrected chi connectivity index (χ2v) is 4.27. The molecule has 0 radical (unpaired) electrons. The average Bonchev–Trinajstić information content (AvgIpc) is 2.30. The first-order valence-electron chi connectivity index (χ1n) is 4.73. The number of halogens is 2. The molecule has 1 rings (SSSR count). The highest BCUT2D eigenvalue weighted by atomic mass is 79.9. The number of nitrogens with zero attached hydrogens (tertiary/aromatic N) is 1. The van der Waals surface area contributed by atoms with Crippen LogP contribution in [-0.4, -0.2) is 10.7 Å². The SMILES string of the molecule is CCC(Br)C(=O)Nc1ccc(F)cc1C#N. The minimum Gasteiger partial charge on any atom is -0.324 e. The highest BCUT2D eigenvalue weighted by Crippen LogP contribution is 2.17. The van der Waals surface area contributed by atoms with E-state index in [4.69, 9.17) is 5.26 Å². The Labute approximate surface area is 101 Å². The fourth-order valence-corrected chi connectivity index (χ4v) is 1.23. The Hall–Kier alpha value is -1.41. The molecule has 0 spiro atoms. The van der Waals surface area contributed by atoms with Crippen molar-refractivity contribution in [2.75, 3.05) is 5.32 Å². The van der Waals surface area contributed by atoms with Crippen LogP contribution in [0.1, 0.15) is 18.9 Å². The summed E-state index contributed by atoms with van der Waals surface area (Å²) >= 11 is 3.19. The van der Waals surface area contributed by atoms with Crippen molar-refractivity contribution in [3.05, 3.63) is 29.6 Å². The summed E-state index contributed by atoms with van der Waals surface area (Å²) in [6.07, 6.45) is 0.634. The molecule has 0 bridgehead atoms. The summed E-state index contributed by atoms with van der Waals surface area (Å²) in [4.78, 5) is 11.2. The second-order valence-electron chi connectivity index (χ2n) is 3.17. The number of amides is 1. The number of benzene rings is 1. The van der Waals surface area contributed by atoms with Crippen molar-refractivity contribution < 1.29 is 9.18 Å². The van der Waals surface area contributed by atoms with Crippen molar-refractivity contribution in [1.82, 2.24) is 0 Å². The Bertz CT molecular complexity index is 442. The minimum atomic E-state index is -0.500. The molecule has 1 amide bonds. The molecule has 1 atom stereocenters. The molecule has 1 aromatic carbocycles. The quantitative estimate of drug-likeness (QED) is 0.868. The normalized spacial score (nSPS) is 11.6. The molecular weight excluding hydrogens is 275 g/mol. The molecule has 3 nitrogen and oxygen atoms in total. The van der Waals surface area contributed by atoms with Crippen molar-refractivity contribution in [1.29, 1.82) is 5.26 Å². The molecule has 0 heterocycles. The molecule has 0 saturated heterocycles. The Balaban J connectivity index is 2.90. The molecule has 1 N–H and O–H groups in total. The lowest BCUT2D eigenvalue weighted by atomic mass is 10.2. The van der Waals surface area contributed by atoms with E-state index in [0.29, 0.717) is 12.1 Å². The standard InChI is InChI=1S/C11H10BrFN2O/c1-2-9(12)11(16)15-10-4-3-8(13)5-7(10)6-14/h3-5,9H,2H2,1H3,(H,15,16). The summed E-state index contributed by atoms with van der Waals surface area (Å²) < 4.78 is 12.8. The summed E-state index contributed by atoms with van der Waals surface area (Å²) in [5.74, 6) is -0.744. The van der Waals surface area contributed by atoms with Crippen LogP contribution in [0.5, 0.6) is 0 Å². The second kappa shape index (κ2) is 5.61. The first-order valence-corrected chi connectivity index (χ1v) is 5.64. The smallest absolute Gasteiger partial charge is 0.238 e. The van der Waals surface area contributed by atoms with Crippen LogP contribution < -0.4 is 5.32 Å². The van der Waals surface area contributed by atoms with Gasteiger partial charge in [-0.2, -0.15) is 5.26 Å². The third-order valence-corrected chi connectivity index (χ3v) is 3.07. The van der Waals surface area contributed by atoms with Crippen molar-refractivity contribution in [3.8, 4) is 6.07 Å². The zero-order valence-electron chi connectivity index (χ0n) is 8.63. The zero-order chi connectivity index (χ0) is 12.1. The molecule has 5 heteroatoms. The first-order chi connectivity index (χ1) is 7.58. The zero-order valence-corrected chi connectivity index (χ0v) is 10.2. The summed E-state index contributed by atoms with van der Waals surface area (Å²) in [5.41, 5.74) is 0.441. The van der Waals surface area contributed by atoms with Crippen LogP contribution in [0.4, 0.5) is 10.1 Å². The van der Waals surface area contributed by atoms with Crippen LogP contribution in [0.3, 0.4) is 0 Å².